The first-order chi connectivity index (χ1) is 19.6. The van der Waals surface area contributed by atoms with E-state index in [2.05, 4.69) is 9.97 Å². The van der Waals surface area contributed by atoms with Gasteiger partial charge in [-0.15, -0.1) is 11.3 Å². The third kappa shape index (κ3) is 7.88. The molecular formula is C29H36FN5O4S2. The fourth-order valence-corrected chi connectivity index (χ4v) is 5.49. The summed E-state index contributed by atoms with van der Waals surface area (Å²) in [6, 6.07) is 11.3. The van der Waals surface area contributed by atoms with Crippen molar-refractivity contribution in [2.45, 2.75) is 44.1 Å². The van der Waals surface area contributed by atoms with Gasteiger partial charge in [-0.3, -0.25) is 4.79 Å². The van der Waals surface area contributed by atoms with Gasteiger partial charge in [0, 0.05) is 55.9 Å². The average molecular weight is 602 g/mol. The van der Waals surface area contributed by atoms with E-state index in [4.69, 9.17) is 9.47 Å². The van der Waals surface area contributed by atoms with Crippen molar-refractivity contribution in [1.82, 2.24) is 14.9 Å². The van der Waals surface area contributed by atoms with Gasteiger partial charge in [-0.1, -0.05) is 23.9 Å². The summed E-state index contributed by atoms with van der Waals surface area (Å²) >= 11 is 2.98. The zero-order valence-electron chi connectivity index (χ0n) is 24.0. The standard InChI is InChI=1S/C29H36FN5O4S2/c1-29(2,3)39-28(37)34(14-12-30)13-11-23(24-10-7-17-41-24)38-21-9-6-8-20(18-21)35-16-15-33(4)25-22(26(35)36)19-31-27(32-25)40-5/h6-10,17-19,23H,11-16H2,1-5H3. The summed E-state index contributed by atoms with van der Waals surface area (Å²) in [6.45, 7) is 5.94. The van der Waals surface area contributed by atoms with Crippen molar-refractivity contribution in [2.24, 2.45) is 0 Å². The molecule has 12 heteroatoms. The van der Waals surface area contributed by atoms with Crippen LogP contribution in [0.3, 0.4) is 0 Å². The molecule has 2 amide bonds. The van der Waals surface area contributed by atoms with Crippen LogP contribution in [0.2, 0.25) is 0 Å². The van der Waals surface area contributed by atoms with Crippen LogP contribution in [0.1, 0.15) is 48.5 Å². The fraction of sp³-hybridized carbons (Fsp3) is 0.448. The van der Waals surface area contributed by atoms with E-state index in [0.717, 1.165) is 4.88 Å². The van der Waals surface area contributed by atoms with Crippen LogP contribution in [0.4, 0.5) is 20.7 Å². The van der Waals surface area contributed by atoms with Gasteiger partial charge in [0.25, 0.3) is 5.91 Å². The molecule has 3 aromatic rings. The Kier molecular flexibility index (Phi) is 10.1. The van der Waals surface area contributed by atoms with Gasteiger partial charge in [0.15, 0.2) is 5.16 Å². The Bertz CT molecular complexity index is 1330. The molecule has 0 fully saturated rings. The summed E-state index contributed by atoms with van der Waals surface area (Å²) in [5.41, 5.74) is 0.459. The molecule has 0 spiro atoms. The predicted molar refractivity (Wildman–Crippen MR) is 161 cm³/mol. The Morgan fingerprint density at radius 1 is 1.22 bits per heavy atom. The first-order valence-corrected chi connectivity index (χ1v) is 15.5. The average Bonchev–Trinajstić information content (AvgIpc) is 3.44. The van der Waals surface area contributed by atoms with Crippen LogP contribution in [-0.2, 0) is 4.74 Å². The number of rotatable bonds is 10. The molecule has 1 aliphatic heterocycles. The number of amides is 2. The van der Waals surface area contributed by atoms with E-state index in [9.17, 15) is 14.0 Å². The van der Waals surface area contributed by atoms with Crippen LogP contribution in [0, 0.1) is 0 Å². The minimum Gasteiger partial charge on any atom is -0.485 e. The van der Waals surface area contributed by atoms with Crippen molar-refractivity contribution in [2.75, 3.05) is 56.0 Å². The first kappa shape index (κ1) is 30.6. The molecule has 1 aromatic carbocycles. The van der Waals surface area contributed by atoms with Crippen molar-refractivity contribution in [1.29, 1.82) is 0 Å². The summed E-state index contributed by atoms with van der Waals surface area (Å²) in [5, 5.41) is 2.58. The number of nitrogens with zero attached hydrogens (tertiary/aromatic N) is 5. The van der Waals surface area contributed by atoms with E-state index >= 15 is 0 Å². The van der Waals surface area contributed by atoms with Gasteiger partial charge in [0.2, 0.25) is 0 Å². The zero-order valence-corrected chi connectivity index (χ0v) is 25.6. The molecule has 9 nitrogen and oxygen atoms in total. The van der Waals surface area contributed by atoms with Gasteiger partial charge in [-0.25, -0.2) is 19.2 Å². The van der Waals surface area contributed by atoms with Gasteiger partial charge in [0.05, 0.1) is 6.54 Å². The number of hydrogen-bond acceptors (Lipinski definition) is 9. The topological polar surface area (TPSA) is 88.1 Å². The fourth-order valence-electron chi connectivity index (χ4n) is 4.37. The van der Waals surface area contributed by atoms with Crippen LogP contribution in [0.5, 0.6) is 5.75 Å². The molecule has 2 aromatic heterocycles. The summed E-state index contributed by atoms with van der Waals surface area (Å²) in [7, 11) is 1.92. The number of thioether (sulfide) groups is 1. The van der Waals surface area contributed by atoms with Crippen molar-refractivity contribution >= 4 is 46.6 Å². The number of halogens is 1. The molecular weight excluding hydrogens is 565 g/mol. The molecule has 1 unspecified atom stereocenters. The number of aromatic nitrogens is 2. The van der Waals surface area contributed by atoms with Crippen molar-refractivity contribution in [3.8, 4) is 5.75 Å². The van der Waals surface area contributed by atoms with Crippen LogP contribution < -0.4 is 14.5 Å². The van der Waals surface area contributed by atoms with Crippen molar-refractivity contribution in [3.63, 3.8) is 0 Å². The summed E-state index contributed by atoms with van der Waals surface area (Å²) < 4.78 is 25.2. The van der Waals surface area contributed by atoms with Gasteiger partial charge < -0.3 is 24.2 Å². The molecule has 0 saturated heterocycles. The maximum absolute atomic E-state index is 13.6. The van der Waals surface area contributed by atoms with E-state index in [0.29, 0.717) is 47.5 Å². The van der Waals surface area contributed by atoms with E-state index in [1.165, 1.54) is 16.7 Å². The van der Waals surface area contributed by atoms with E-state index in [1.807, 2.05) is 60.0 Å². The van der Waals surface area contributed by atoms with Gasteiger partial charge in [-0.05, 0) is 50.6 Å². The maximum Gasteiger partial charge on any atom is 0.410 e. The number of thiophene rings is 1. The SMILES string of the molecule is CSc1ncc2c(n1)N(C)CCN(c1cccc(OC(CCN(CCF)C(=O)OC(C)(C)C)c3cccs3)c1)C2=O. The lowest BCUT2D eigenvalue weighted by Gasteiger charge is -2.28. The number of ether oxygens (including phenoxy) is 2. The second-order valence-electron chi connectivity index (χ2n) is 10.5. The smallest absolute Gasteiger partial charge is 0.410 e. The zero-order chi connectivity index (χ0) is 29.6. The summed E-state index contributed by atoms with van der Waals surface area (Å²) in [4.78, 5) is 41.2. The molecule has 0 radical (unpaired) electrons. The highest BCUT2D eigenvalue weighted by molar-refractivity contribution is 7.98. The quantitative estimate of drug-likeness (QED) is 0.204. The Morgan fingerprint density at radius 3 is 2.71 bits per heavy atom. The number of anilines is 2. The monoisotopic (exact) mass is 601 g/mol. The minimum atomic E-state index is -0.681. The second kappa shape index (κ2) is 13.5. The normalized spacial score (nSPS) is 14.3. The van der Waals surface area contributed by atoms with Crippen LogP contribution in [-0.4, -0.2) is 78.6 Å². The number of hydrogen-bond donors (Lipinski definition) is 0. The summed E-state index contributed by atoms with van der Waals surface area (Å²) in [6.07, 6.45) is 2.98. The minimum absolute atomic E-state index is 0.0588. The maximum atomic E-state index is 13.6. The van der Waals surface area contributed by atoms with E-state index < -0.39 is 18.4 Å². The number of alkyl halides is 1. The predicted octanol–water partition coefficient (Wildman–Crippen LogP) is 6.07. The lowest BCUT2D eigenvalue weighted by atomic mass is 10.2. The highest BCUT2D eigenvalue weighted by atomic mass is 32.2. The Morgan fingerprint density at radius 2 is 2.02 bits per heavy atom. The lowest BCUT2D eigenvalue weighted by molar-refractivity contribution is 0.0216. The van der Waals surface area contributed by atoms with E-state index in [1.54, 1.807) is 43.2 Å². The molecule has 0 aliphatic carbocycles. The Balaban J connectivity index is 1.54. The number of carbonyl (C=O) groups excluding carboxylic acids is 2. The number of fused-ring (bicyclic) bond motifs is 1. The summed E-state index contributed by atoms with van der Waals surface area (Å²) in [5.74, 6) is 1.02. The largest absolute Gasteiger partial charge is 0.485 e. The molecule has 1 aliphatic rings. The van der Waals surface area contributed by atoms with Crippen molar-refractivity contribution < 1.29 is 23.5 Å². The van der Waals surface area contributed by atoms with Crippen LogP contribution in [0.15, 0.2) is 53.1 Å². The molecule has 3 heterocycles. The number of likely N-dealkylation sites (N-methyl/N-ethyl adjacent to an activating group) is 1. The van der Waals surface area contributed by atoms with Gasteiger partial charge in [0.1, 0.15) is 35.5 Å². The highest BCUT2D eigenvalue weighted by Crippen LogP contribution is 2.32. The third-order valence-electron chi connectivity index (χ3n) is 6.36. The Labute approximate surface area is 248 Å². The molecule has 41 heavy (non-hydrogen) atoms. The van der Waals surface area contributed by atoms with Crippen molar-refractivity contribution in [3.05, 3.63) is 58.4 Å². The molecule has 0 bridgehead atoms. The Hall–Kier alpha value is -3.38. The number of carbonyl (C=O) groups is 2. The van der Waals surface area contributed by atoms with E-state index in [-0.39, 0.29) is 25.1 Å². The molecule has 220 valence electrons. The first-order valence-electron chi connectivity index (χ1n) is 13.4. The number of benzene rings is 1. The van der Waals surface area contributed by atoms with Gasteiger partial charge >= 0.3 is 6.09 Å². The third-order valence-corrected chi connectivity index (χ3v) is 7.89. The highest BCUT2D eigenvalue weighted by Gasteiger charge is 2.29. The van der Waals surface area contributed by atoms with Gasteiger partial charge in [-0.2, -0.15) is 0 Å². The van der Waals surface area contributed by atoms with Crippen LogP contribution in [0.25, 0.3) is 0 Å². The second-order valence-corrected chi connectivity index (χ2v) is 12.3. The molecule has 0 N–H and O–H groups in total. The molecule has 4 rings (SSSR count). The molecule has 0 saturated carbocycles. The molecule has 1 atom stereocenters. The lowest BCUT2D eigenvalue weighted by Crippen LogP contribution is -2.39. The van der Waals surface area contributed by atoms with Crippen LogP contribution >= 0.6 is 23.1 Å².